The van der Waals surface area contributed by atoms with Crippen molar-refractivity contribution in [3.63, 3.8) is 0 Å². The van der Waals surface area contributed by atoms with Gasteiger partial charge in [0, 0.05) is 60.5 Å². The third kappa shape index (κ3) is 6.36. The molecule has 0 aliphatic rings. The predicted octanol–water partition coefficient (Wildman–Crippen LogP) is 9.81. The van der Waals surface area contributed by atoms with Crippen LogP contribution in [0.4, 0.5) is 0 Å². The Balaban J connectivity index is 0.000000260. The molecule has 4 nitrogen and oxygen atoms in total. The number of pyridine rings is 3. The van der Waals surface area contributed by atoms with E-state index in [0.717, 1.165) is 32.1 Å². The fourth-order valence-corrected chi connectivity index (χ4v) is 5.45. The van der Waals surface area contributed by atoms with Gasteiger partial charge in [-0.25, -0.2) is 4.98 Å². The molecule has 0 N–H and O–H groups in total. The van der Waals surface area contributed by atoms with Gasteiger partial charge in [-0.2, -0.15) is 0 Å². The maximum absolute atomic E-state index is 8.64. The van der Waals surface area contributed by atoms with Gasteiger partial charge < -0.3 is 14.4 Å². The summed E-state index contributed by atoms with van der Waals surface area (Å²) >= 11 is 1.48. The van der Waals surface area contributed by atoms with Crippen LogP contribution < -0.4 is 0 Å². The summed E-state index contributed by atoms with van der Waals surface area (Å²) in [5, 5.41) is 4.20. The average Bonchev–Trinajstić information content (AvgIpc) is 3.62. The standard InChI is InChI=1S/C24H21N2OS.C12H10N.Ir/c1-14-8-9-17-16-6-5-7-18(22(16)27-23(17)26-14)20-10-21-19(12-25-20)15(13-28-21)11-24(2,3)4;1-10-7-8-12(13-9-10)11-5-3-2-4-6-11;/h5-6,8-10,12-13H,11H2,1-4H3;2-5,7-9H,1H3;/q2*-1;/i1D3,11D2;;. The van der Waals surface area contributed by atoms with E-state index < -0.39 is 18.6 Å². The first-order valence-electron chi connectivity index (χ1n) is 15.8. The van der Waals surface area contributed by atoms with Crippen molar-refractivity contribution < 1.29 is 31.4 Å². The van der Waals surface area contributed by atoms with Gasteiger partial charge in [-0.15, -0.1) is 65.4 Å². The van der Waals surface area contributed by atoms with Gasteiger partial charge in [-0.1, -0.05) is 49.9 Å². The minimum absolute atomic E-state index is 0. The largest absolute Gasteiger partial charge is 0.486 e. The fraction of sp³-hybridized carbons (Fsp3) is 0.194. The zero-order valence-corrected chi connectivity index (χ0v) is 26.8. The van der Waals surface area contributed by atoms with Crippen LogP contribution in [0.15, 0.2) is 88.9 Å². The predicted molar refractivity (Wildman–Crippen MR) is 170 cm³/mol. The number of thiophene rings is 1. The zero-order chi connectivity index (χ0) is 32.9. The summed E-state index contributed by atoms with van der Waals surface area (Å²) in [6.07, 6.45) is 2.07. The van der Waals surface area contributed by atoms with Crippen LogP contribution in [0.2, 0.25) is 0 Å². The van der Waals surface area contributed by atoms with Crippen LogP contribution >= 0.6 is 11.3 Å². The number of fused-ring (bicyclic) bond motifs is 4. The van der Waals surface area contributed by atoms with Gasteiger partial charge in [0.2, 0.25) is 5.71 Å². The minimum Gasteiger partial charge on any atom is -0.486 e. The second kappa shape index (κ2) is 12.3. The molecule has 7 rings (SSSR count). The summed E-state index contributed by atoms with van der Waals surface area (Å²) in [6.45, 7) is 5.39. The molecule has 0 amide bonds. The molecule has 213 valence electrons. The third-order valence-electron chi connectivity index (χ3n) is 6.42. The molecular weight excluding hydrogens is 715 g/mol. The molecule has 0 bridgehead atoms. The summed E-state index contributed by atoms with van der Waals surface area (Å²) in [5.41, 5.74) is 5.36. The van der Waals surface area contributed by atoms with Gasteiger partial charge in [0.05, 0.1) is 5.58 Å². The molecule has 0 aliphatic carbocycles. The van der Waals surface area contributed by atoms with Crippen molar-refractivity contribution in [2.45, 2.75) is 40.9 Å². The molecule has 1 radical (unpaired) electrons. The number of rotatable bonds is 3. The van der Waals surface area contributed by atoms with E-state index >= 15 is 0 Å². The summed E-state index contributed by atoms with van der Waals surface area (Å²) in [5.74, 6) is 0. The van der Waals surface area contributed by atoms with E-state index in [9.17, 15) is 0 Å². The Labute approximate surface area is 271 Å². The van der Waals surface area contributed by atoms with Crippen LogP contribution in [0.3, 0.4) is 0 Å². The topological polar surface area (TPSA) is 51.8 Å². The first-order valence-corrected chi connectivity index (χ1v) is 14.1. The van der Waals surface area contributed by atoms with Crippen molar-refractivity contribution in [2.75, 3.05) is 0 Å². The van der Waals surface area contributed by atoms with Crippen LogP contribution in [0.5, 0.6) is 0 Å². The van der Waals surface area contributed by atoms with Crippen molar-refractivity contribution in [2.24, 2.45) is 5.41 Å². The van der Waals surface area contributed by atoms with Crippen LogP contribution in [-0.2, 0) is 26.5 Å². The molecule has 0 saturated heterocycles. The molecule has 0 unspecified atom stereocenters. The third-order valence-corrected chi connectivity index (χ3v) is 7.37. The van der Waals surface area contributed by atoms with Crippen LogP contribution in [-0.4, -0.2) is 15.0 Å². The monoisotopic (exact) mass is 751 g/mol. The first kappa shape index (κ1) is 23.8. The smallest absolute Gasteiger partial charge is 0.216 e. The van der Waals surface area contributed by atoms with Crippen molar-refractivity contribution in [1.82, 2.24) is 15.0 Å². The molecule has 7 aromatic rings. The SMILES string of the molecule is Cc1ccc(-c2[c-]cccc2)nc1.[2H]C([2H])([2H])c1ccc2c(n1)oc1c(-c3cc4scc(C([2H])([2H])C(C)(C)C)c4cn3)[c-]ccc12.[Ir]. The van der Waals surface area contributed by atoms with Gasteiger partial charge in [0.25, 0.3) is 0 Å². The fourth-order valence-electron chi connectivity index (χ4n) is 4.55. The van der Waals surface area contributed by atoms with E-state index in [1.54, 1.807) is 18.3 Å². The van der Waals surface area contributed by atoms with Gasteiger partial charge in [-0.3, -0.25) is 0 Å². The molecule has 5 aromatic heterocycles. The molecular formula is C36H31IrN3OS-2. The van der Waals surface area contributed by atoms with Gasteiger partial charge in [0.15, 0.2) is 0 Å². The Morgan fingerprint density at radius 2 is 1.79 bits per heavy atom. The Morgan fingerprint density at radius 3 is 2.52 bits per heavy atom. The van der Waals surface area contributed by atoms with E-state index in [2.05, 4.69) is 33.2 Å². The summed E-state index contributed by atoms with van der Waals surface area (Å²) < 4.78 is 47.0. The minimum atomic E-state index is -2.32. The number of hydrogen-bond donors (Lipinski definition) is 0. The second-order valence-electron chi connectivity index (χ2n) is 10.8. The van der Waals surface area contributed by atoms with Gasteiger partial charge in [0.1, 0.15) is 0 Å². The number of aryl methyl sites for hydroxylation is 2. The Morgan fingerprint density at radius 1 is 0.929 bits per heavy atom. The van der Waals surface area contributed by atoms with Crippen LogP contribution in [0.1, 0.15) is 44.4 Å². The molecule has 0 fully saturated rings. The van der Waals surface area contributed by atoms with Crippen molar-refractivity contribution in [3.05, 3.63) is 113 Å². The summed E-state index contributed by atoms with van der Waals surface area (Å²) in [6, 6.07) is 27.1. The molecule has 0 aliphatic heterocycles. The van der Waals surface area contributed by atoms with E-state index in [0.29, 0.717) is 22.4 Å². The van der Waals surface area contributed by atoms with E-state index in [-0.39, 0.29) is 31.5 Å². The number of furan rings is 1. The zero-order valence-electron chi connectivity index (χ0n) is 28.6. The Kier molecular flexibility index (Phi) is 6.96. The average molecular weight is 751 g/mol. The molecule has 42 heavy (non-hydrogen) atoms. The molecule has 0 atom stereocenters. The van der Waals surface area contributed by atoms with Crippen LogP contribution in [0.25, 0.3) is 54.7 Å². The number of hydrogen-bond acceptors (Lipinski definition) is 5. The van der Waals surface area contributed by atoms with E-state index in [1.807, 2.05) is 81.7 Å². The van der Waals surface area contributed by atoms with Crippen molar-refractivity contribution in [3.8, 4) is 22.5 Å². The van der Waals surface area contributed by atoms with E-state index in [4.69, 9.17) is 11.3 Å². The Bertz CT molecular complexity index is 2170. The van der Waals surface area contributed by atoms with Crippen molar-refractivity contribution in [1.29, 1.82) is 0 Å². The summed E-state index contributed by atoms with van der Waals surface area (Å²) in [4.78, 5) is 13.2. The summed E-state index contributed by atoms with van der Waals surface area (Å²) in [7, 11) is 0. The molecule has 0 saturated carbocycles. The second-order valence-corrected chi connectivity index (χ2v) is 11.7. The number of aromatic nitrogens is 3. The molecule has 5 heterocycles. The number of nitrogens with zero attached hydrogens (tertiary/aromatic N) is 3. The number of benzene rings is 2. The maximum Gasteiger partial charge on any atom is 0.216 e. The van der Waals surface area contributed by atoms with Gasteiger partial charge >= 0.3 is 0 Å². The normalized spacial score (nSPS) is 13.8. The van der Waals surface area contributed by atoms with Crippen molar-refractivity contribution >= 4 is 43.5 Å². The first-order chi connectivity index (χ1) is 21.7. The Hall–Kier alpha value is -3.70. The van der Waals surface area contributed by atoms with E-state index in [1.165, 1.54) is 23.0 Å². The quantitative estimate of drug-likeness (QED) is 0.169. The molecule has 0 spiro atoms. The molecule has 6 heteroatoms. The maximum atomic E-state index is 8.64. The molecule has 2 aromatic carbocycles. The van der Waals surface area contributed by atoms with Crippen LogP contribution in [0, 0.1) is 31.3 Å². The van der Waals surface area contributed by atoms with Gasteiger partial charge in [-0.05, 0) is 65.6 Å².